The van der Waals surface area contributed by atoms with Crippen molar-refractivity contribution in [2.24, 2.45) is 5.92 Å². The summed E-state index contributed by atoms with van der Waals surface area (Å²) in [6.45, 7) is 4.01. The van der Waals surface area contributed by atoms with Crippen molar-refractivity contribution in [3.8, 4) is 0 Å². The highest BCUT2D eigenvalue weighted by Gasteiger charge is 2.25. The van der Waals surface area contributed by atoms with E-state index in [-0.39, 0.29) is 0 Å². The van der Waals surface area contributed by atoms with Gasteiger partial charge in [0.05, 0.1) is 0 Å². The van der Waals surface area contributed by atoms with Gasteiger partial charge < -0.3 is 0 Å². The average Bonchev–Trinajstić information content (AvgIpc) is 2.07. The molecule has 0 aliphatic heterocycles. The minimum absolute atomic E-state index is 0.296. The van der Waals surface area contributed by atoms with Gasteiger partial charge in [-0.25, -0.2) is 0 Å². The Morgan fingerprint density at radius 1 is 1.33 bits per heavy atom. The smallest absolute Gasteiger partial charge is 0.156 e. The van der Waals surface area contributed by atoms with Crippen molar-refractivity contribution in [3.05, 3.63) is 23.8 Å². The van der Waals surface area contributed by atoms with Crippen molar-refractivity contribution < 1.29 is 4.79 Å². The molecule has 0 aromatic carbocycles. The number of hydrogen-bond donors (Lipinski definition) is 0. The maximum atomic E-state index is 11.1. The van der Waals surface area contributed by atoms with Crippen LogP contribution in [0.1, 0.15) is 32.1 Å². The van der Waals surface area contributed by atoms with Crippen LogP contribution >= 0.6 is 0 Å². The maximum Gasteiger partial charge on any atom is 0.156 e. The molecule has 0 unspecified atom stereocenters. The van der Waals surface area contributed by atoms with E-state index in [2.05, 4.69) is 6.58 Å². The minimum Gasteiger partial charge on any atom is -0.295 e. The van der Waals surface area contributed by atoms with Gasteiger partial charge in [-0.1, -0.05) is 12.2 Å². The molecule has 64 valence electrons. The van der Waals surface area contributed by atoms with Crippen molar-refractivity contribution >= 4 is 5.78 Å². The summed E-state index contributed by atoms with van der Waals surface area (Å²) in [5.41, 5.74) is 2.47. The molecule has 0 heterocycles. The van der Waals surface area contributed by atoms with Crippen LogP contribution < -0.4 is 0 Å². The molecule has 0 radical (unpaired) electrons. The summed E-state index contributed by atoms with van der Waals surface area (Å²) in [4.78, 5) is 11.1. The summed E-state index contributed by atoms with van der Waals surface area (Å²) in [7, 11) is 0. The summed E-state index contributed by atoms with van der Waals surface area (Å²) in [5, 5.41) is 0. The summed E-state index contributed by atoms with van der Waals surface area (Å²) >= 11 is 0. The maximum absolute atomic E-state index is 11.1. The lowest BCUT2D eigenvalue weighted by Crippen LogP contribution is -2.18. The van der Waals surface area contributed by atoms with E-state index in [1.54, 1.807) is 0 Å². The van der Waals surface area contributed by atoms with Gasteiger partial charge in [0.15, 0.2) is 5.78 Å². The predicted molar refractivity (Wildman–Crippen MR) is 48.8 cm³/mol. The highest BCUT2D eigenvalue weighted by Crippen LogP contribution is 2.37. The fraction of sp³-hybridized carbons (Fsp3) is 0.545. The standard InChI is InChI=1S/C11H14O/c1-8-3-2-4-9-5-6-10(12)7-11(8)9/h7,9H,1-6H2/t9-/m0/s1. The lowest BCUT2D eigenvalue weighted by molar-refractivity contribution is -0.115. The molecule has 2 aliphatic carbocycles. The quantitative estimate of drug-likeness (QED) is 0.535. The van der Waals surface area contributed by atoms with Crippen molar-refractivity contribution in [1.82, 2.24) is 0 Å². The van der Waals surface area contributed by atoms with Gasteiger partial charge in [-0.05, 0) is 43.3 Å². The van der Waals surface area contributed by atoms with Crippen LogP contribution in [0.5, 0.6) is 0 Å². The Labute approximate surface area is 73.2 Å². The van der Waals surface area contributed by atoms with Crippen LogP contribution in [0.3, 0.4) is 0 Å². The van der Waals surface area contributed by atoms with Crippen molar-refractivity contribution in [2.75, 3.05) is 0 Å². The lowest BCUT2D eigenvalue weighted by Gasteiger charge is -2.29. The van der Waals surface area contributed by atoms with E-state index in [0.29, 0.717) is 11.7 Å². The third-order valence-corrected chi connectivity index (χ3v) is 2.93. The zero-order chi connectivity index (χ0) is 8.55. The molecular weight excluding hydrogens is 148 g/mol. The largest absolute Gasteiger partial charge is 0.295 e. The molecule has 0 bridgehead atoms. The highest BCUT2D eigenvalue weighted by atomic mass is 16.1. The normalized spacial score (nSPS) is 29.7. The molecule has 1 fully saturated rings. The van der Waals surface area contributed by atoms with Gasteiger partial charge in [0.1, 0.15) is 0 Å². The first-order valence-corrected chi connectivity index (χ1v) is 4.70. The molecule has 0 N–H and O–H groups in total. The van der Waals surface area contributed by atoms with Crippen LogP contribution in [0.4, 0.5) is 0 Å². The molecule has 0 saturated heterocycles. The molecule has 1 atom stereocenters. The second kappa shape index (κ2) is 2.89. The van der Waals surface area contributed by atoms with Gasteiger partial charge in [0, 0.05) is 6.42 Å². The number of carbonyl (C=O) groups excluding carboxylic acids is 1. The first-order chi connectivity index (χ1) is 5.77. The molecule has 0 aromatic rings. The van der Waals surface area contributed by atoms with Crippen molar-refractivity contribution in [2.45, 2.75) is 32.1 Å². The second-order valence-electron chi connectivity index (χ2n) is 3.80. The predicted octanol–water partition coefficient (Wildman–Crippen LogP) is 2.63. The summed E-state index contributed by atoms with van der Waals surface area (Å²) < 4.78 is 0. The zero-order valence-corrected chi connectivity index (χ0v) is 7.31. The second-order valence-corrected chi connectivity index (χ2v) is 3.80. The molecule has 0 spiro atoms. The molecule has 2 rings (SSSR count). The third kappa shape index (κ3) is 1.24. The Morgan fingerprint density at radius 2 is 2.17 bits per heavy atom. The van der Waals surface area contributed by atoms with E-state index in [9.17, 15) is 4.79 Å². The number of carbonyl (C=O) groups is 1. The van der Waals surface area contributed by atoms with Gasteiger partial charge in [0.25, 0.3) is 0 Å². The number of hydrogen-bond acceptors (Lipinski definition) is 1. The lowest BCUT2D eigenvalue weighted by atomic mass is 9.75. The van der Waals surface area contributed by atoms with E-state index >= 15 is 0 Å². The fourth-order valence-electron chi connectivity index (χ4n) is 2.23. The summed E-state index contributed by atoms with van der Waals surface area (Å²) in [5.74, 6) is 0.952. The van der Waals surface area contributed by atoms with E-state index in [0.717, 1.165) is 19.3 Å². The monoisotopic (exact) mass is 162 g/mol. The van der Waals surface area contributed by atoms with E-state index < -0.39 is 0 Å². The molecule has 0 aromatic heterocycles. The Kier molecular flexibility index (Phi) is 1.87. The van der Waals surface area contributed by atoms with Gasteiger partial charge in [-0.2, -0.15) is 0 Å². The van der Waals surface area contributed by atoms with Gasteiger partial charge in [-0.3, -0.25) is 4.79 Å². The molecule has 0 amide bonds. The van der Waals surface area contributed by atoms with Crippen LogP contribution in [0.2, 0.25) is 0 Å². The molecule has 1 saturated carbocycles. The molecular formula is C11H14O. The van der Waals surface area contributed by atoms with E-state index in [4.69, 9.17) is 0 Å². The number of ketones is 1. The summed E-state index contributed by atoms with van der Waals surface area (Å²) in [6.07, 6.45) is 7.25. The van der Waals surface area contributed by atoms with Crippen molar-refractivity contribution in [1.29, 1.82) is 0 Å². The molecule has 2 aliphatic rings. The molecule has 1 nitrogen and oxygen atoms in total. The number of rotatable bonds is 0. The Hall–Kier alpha value is -0.850. The molecule has 12 heavy (non-hydrogen) atoms. The van der Waals surface area contributed by atoms with E-state index in [1.165, 1.54) is 24.0 Å². The zero-order valence-electron chi connectivity index (χ0n) is 7.31. The van der Waals surface area contributed by atoms with Crippen LogP contribution in [0.25, 0.3) is 0 Å². The van der Waals surface area contributed by atoms with Crippen LogP contribution in [0.15, 0.2) is 23.8 Å². The SMILES string of the molecule is C=C1CCC[C@H]2CCC(=O)C=C12. The van der Waals surface area contributed by atoms with Gasteiger partial charge in [0.2, 0.25) is 0 Å². The van der Waals surface area contributed by atoms with Gasteiger partial charge >= 0.3 is 0 Å². The minimum atomic E-state index is 0.296. The first-order valence-electron chi connectivity index (χ1n) is 4.70. The highest BCUT2D eigenvalue weighted by molar-refractivity contribution is 5.92. The first kappa shape index (κ1) is 7.78. The topological polar surface area (TPSA) is 17.1 Å². The molecule has 1 heteroatoms. The number of fused-ring (bicyclic) bond motifs is 1. The van der Waals surface area contributed by atoms with Crippen LogP contribution in [-0.2, 0) is 4.79 Å². The fourth-order valence-corrected chi connectivity index (χ4v) is 2.23. The Bertz CT molecular complexity index is 260. The average molecular weight is 162 g/mol. The Balaban J connectivity index is 2.29. The van der Waals surface area contributed by atoms with E-state index in [1.807, 2.05) is 6.08 Å². The van der Waals surface area contributed by atoms with Crippen LogP contribution in [-0.4, -0.2) is 5.78 Å². The third-order valence-electron chi connectivity index (χ3n) is 2.93. The summed E-state index contributed by atoms with van der Waals surface area (Å²) in [6, 6.07) is 0. The van der Waals surface area contributed by atoms with Crippen LogP contribution in [0, 0.1) is 5.92 Å². The Morgan fingerprint density at radius 3 is 3.00 bits per heavy atom. The van der Waals surface area contributed by atoms with Crippen molar-refractivity contribution in [3.63, 3.8) is 0 Å². The number of allylic oxidation sites excluding steroid dienone is 3. The van der Waals surface area contributed by atoms with Gasteiger partial charge in [-0.15, -0.1) is 0 Å².